The smallest absolute Gasteiger partial charge is 0.255 e. The molecular formula is C24H24N2O2S. The molecule has 0 spiro atoms. The lowest BCUT2D eigenvalue weighted by Gasteiger charge is -2.13. The zero-order valence-electron chi connectivity index (χ0n) is 16.7. The van der Waals surface area contributed by atoms with E-state index in [1.165, 1.54) is 11.8 Å². The van der Waals surface area contributed by atoms with Gasteiger partial charge in [0.25, 0.3) is 5.91 Å². The summed E-state index contributed by atoms with van der Waals surface area (Å²) in [6.45, 7) is 5.83. The lowest BCUT2D eigenvalue weighted by atomic mass is 10.1. The van der Waals surface area contributed by atoms with E-state index >= 15 is 0 Å². The van der Waals surface area contributed by atoms with Crippen LogP contribution in [0, 0.1) is 13.8 Å². The molecule has 2 amide bonds. The standard InChI is InChI=1S/C24H24N2O2S/c1-16-6-4-8-19(14-16)24(28)25-20-10-12-22(13-11-20)29-18(3)23(27)26-21-9-5-7-17(2)15-21/h4-15,18H,1-3H3,(H,25,28)(H,26,27). The molecule has 0 fully saturated rings. The molecule has 5 heteroatoms. The second-order valence-corrected chi connectivity index (χ2v) is 8.38. The van der Waals surface area contributed by atoms with E-state index in [2.05, 4.69) is 10.6 Å². The zero-order valence-corrected chi connectivity index (χ0v) is 17.5. The number of benzene rings is 3. The molecule has 29 heavy (non-hydrogen) atoms. The van der Waals surface area contributed by atoms with Crippen molar-refractivity contribution in [2.24, 2.45) is 0 Å². The van der Waals surface area contributed by atoms with Gasteiger partial charge in [-0.05, 0) is 74.9 Å². The van der Waals surface area contributed by atoms with Crippen LogP contribution in [0.25, 0.3) is 0 Å². The first kappa shape index (κ1) is 20.7. The summed E-state index contributed by atoms with van der Waals surface area (Å²) in [5.74, 6) is -0.183. The van der Waals surface area contributed by atoms with Crippen LogP contribution in [0.3, 0.4) is 0 Å². The monoisotopic (exact) mass is 404 g/mol. The molecule has 2 N–H and O–H groups in total. The van der Waals surface area contributed by atoms with Gasteiger partial charge in [0.15, 0.2) is 0 Å². The summed E-state index contributed by atoms with van der Waals surface area (Å²) in [5.41, 5.74) is 4.30. The number of carbonyl (C=O) groups is 2. The Morgan fingerprint density at radius 1 is 0.793 bits per heavy atom. The quantitative estimate of drug-likeness (QED) is 0.520. The molecule has 148 valence electrons. The third-order valence-corrected chi connectivity index (χ3v) is 5.47. The van der Waals surface area contributed by atoms with Crippen molar-refractivity contribution in [2.75, 3.05) is 10.6 Å². The highest BCUT2D eigenvalue weighted by Gasteiger charge is 2.15. The molecule has 0 saturated carbocycles. The van der Waals surface area contributed by atoms with Crippen LogP contribution in [-0.4, -0.2) is 17.1 Å². The number of hydrogen-bond donors (Lipinski definition) is 2. The second-order valence-electron chi connectivity index (χ2n) is 6.97. The van der Waals surface area contributed by atoms with Gasteiger partial charge in [-0.15, -0.1) is 11.8 Å². The minimum Gasteiger partial charge on any atom is -0.325 e. The summed E-state index contributed by atoms with van der Waals surface area (Å²) < 4.78 is 0. The molecular weight excluding hydrogens is 380 g/mol. The molecule has 3 aromatic carbocycles. The molecule has 0 aromatic heterocycles. The maximum Gasteiger partial charge on any atom is 0.255 e. The predicted octanol–water partition coefficient (Wildman–Crippen LogP) is 5.68. The Kier molecular flexibility index (Phi) is 6.73. The van der Waals surface area contributed by atoms with Crippen LogP contribution >= 0.6 is 11.8 Å². The Hall–Kier alpha value is -3.05. The summed E-state index contributed by atoms with van der Waals surface area (Å²) in [7, 11) is 0. The molecule has 3 rings (SSSR count). The van der Waals surface area contributed by atoms with Gasteiger partial charge in [-0.1, -0.05) is 29.8 Å². The van der Waals surface area contributed by atoms with Gasteiger partial charge in [-0.2, -0.15) is 0 Å². The average Bonchev–Trinajstić information content (AvgIpc) is 2.69. The van der Waals surface area contributed by atoms with E-state index in [-0.39, 0.29) is 17.1 Å². The van der Waals surface area contributed by atoms with E-state index < -0.39 is 0 Å². The van der Waals surface area contributed by atoms with E-state index in [9.17, 15) is 9.59 Å². The Bertz CT molecular complexity index is 1020. The lowest BCUT2D eigenvalue weighted by molar-refractivity contribution is -0.115. The minimum absolute atomic E-state index is 0.0440. The largest absolute Gasteiger partial charge is 0.325 e. The number of rotatable bonds is 6. The molecule has 0 radical (unpaired) electrons. The van der Waals surface area contributed by atoms with Crippen molar-refractivity contribution >= 4 is 35.0 Å². The van der Waals surface area contributed by atoms with Crippen molar-refractivity contribution < 1.29 is 9.59 Å². The number of anilines is 2. The molecule has 0 aliphatic heterocycles. The first-order valence-corrected chi connectivity index (χ1v) is 10.3. The van der Waals surface area contributed by atoms with Crippen molar-refractivity contribution in [2.45, 2.75) is 30.9 Å². The van der Waals surface area contributed by atoms with Crippen LogP contribution in [0.15, 0.2) is 77.7 Å². The fourth-order valence-corrected chi connectivity index (χ4v) is 3.70. The number of amides is 2. The zero-order chi connectivity index (χ0) is 20.8. The summed E-state index contributed by atoms with van der Waals surface area (Å²) in [6.07, 6.45) is 0. The maximum absolute atomic E-state index is 12.4. The van der Waals surface area contributed by atoms with Crippen LogP contribution in [0.1, 0.15) is 28.4 Å². The van der Waals surface area contributed by atoms with Gasteiger partial charge in [0.1, 0.15) is 0 Å². The Morgan fingerprint density at radius 2 is 1.45 bits per heavy atom. The van der Waals surface area contributed by atoms with E-state index in [0.29, 0.717) is 5.56 Å². The Balaban J connectivity index is 1.57. The number of thioether (sulfide) groups is 1. The molecule has 1 atom stereocenters. The molecule has 0 saturated heterocycles. The third kappa shape index (κ3) is 5.96. The fraction of sp³-hybridized carbons (Fsp3) is 0.167. The molecule has 1 unspecified atom stereocenters. The van der Waals surface area contributed by atoms with Crippen LogP contribution in [-0.2, 0) is 4.79 Å². The van der Waals surface area contributed by atoms with E-state index in [4.69, 9.17) is 0 Å². The molecule has 3 aromatic rings. The number of aryl methyl sites for hydroxylation is 2. The van der Waals surface area contributed by atoms with Crippen molar-refractivity contribution in [3.8, 4) is 0 Å². The highest BCUT2D eigenvalue weighted by atomic mass is 32.2. The van der Waals surface area contributed by atoms with Gasteiger partial charge in [0, 0.05) is 21.8 Å². The molecule has 0 bridgehead atoms. The highest BCUT2D eigenvalue weighted by Crippen LogP contribution is 2.26. The lowest BCUT2D eigenvalue weighted by Crippen LogP contribution is -2.22. The Morgan fingerprint density at radius 3 is 2.10 bits per heavy atom. The van der Waals surface area contributed by atoms with Gasteiger partial charge >= 0.3 is 0 Å². The van der Waals surface area contributed by atoms with Crippen LogP contribution in [0.2, 0.25) is 0 Å². The second kappa shape index (κ2) is 9.43. The van der Waals surface area contributed by atoms with E-state index in [1.54, 1.807) is 6.07 Å². The molecule has 4 nitrogen and oxygen atoms in total. The average molecular weight is 405 g/mol. The Labute approximate surface area is 175 Å². The molecule has 0 aliphatic carbocycles. The summed E-state index contributed by atoms with van der Waals surface area (Å²) in [5, 5.41) is 5.60. The predicted molar refractivity (Wildman–Crippen MR) is 121 cm³/mol. The highest BCUT2D eigenvalue weighted by molar-refractivity contribution is 8.00. The maximum atomic E-state index is 12.4. The number of nitrogens with one attached hydrogen (secondary N) is 2. The van der Waals surface area contributed by atoms with Gasteiger partial charge in [0.05, 0.1) is 5.25 Å². The van der Waals surface area contributed by atoms with Crippen LogP contribution in [0.5, 0.6) is 0 Å². The third-order valence-electron chi connectivity index (χ3n) is 4.36. The van der Waals surface area contributed by atoms with Crippen LogP contribution in [0.4, 0.5) is 11.4 Å². The SMILES string of the molecule is Cc1cccc(NC(=O)C(C)Sc2ccc(NC(=O)c3cccc(C)c3)cc2)c1. The van der Waals surface area contributed by atoms with Crippen molar-refractivity contribution in [1.29, 1.82) is 0 Å². The van der Waals surface area contributed by atoms with E-state index in [1.807, 2.05) is 87.5 Å². The normalized spacial score (nSPS) is 11.6. The van der Waals surface area contributed by atoms with E-state index in [0.717, 1.165) is 27.4 Å². The number of hydrogen-bond acceptors (Lipinski definition) is 3. The first-order valence-electron chi connectivity index (χ1n) is 9.43. The fourth-order valence-electron chi connectivity index (χ4n) is 2.83. The van der Waals surface area contributed by atoms with Gasteiger partial charge < -0.3 is 10.6 Å². The topological polar surface area (TPSA) is 58.2 Å². The van der Waals surface area contributed by atoms with Gasteiger partial charge in [-0.3, -0.25) is 9.59 Å². The van der Waals surface area contributed by atoms with Crippen LogP contribution < -0.4 is 10.6 Å². The summed E-state index contributed by atoms with van der Waals surface area (Å²) >= 11 is 1.48. The summed E-state index contributed by atoms with van der Waals surface area (Å²) in [4.78, 5) is 25.7. The number of carbonyl (C=O) groups excluding carboxylic acids is 2. The van der Waals surface area contributed by atoms with Crippen molar-refractivity contribution in [3.05, 3.63) is 89.5 Å². The summed E-state index contributed by atoms with van der Waals surface area (Å²) in [6, 6.07) is 22.7. The van der Waals surface area contributed by atoms with Gasteiger partial charge in [-0.25, -0.2) is 0 Å². The van der Waals surface area contributed by atoms with Gasteiger partial charge in [0.2, 0.25) is 5.91 Å². The molecule has 0 aliphatic rings. The molecule has 0 heterocycles. The first-order chi connectivity index (χ1) is 13.9. The van der Waals surface area contributed by atoms with Crippen molar-refractivity contribution in [3.63, 3.8) is 0 Å². The van der Waals surface area contributed by atoms with Crippen molar-refractivity contribution in [1.82, 2.24) is 0 Å². The minimum atomic E-state index is -0.247.